The summed E-state index contributed by atoms with van der Waals surface area (Å²) in [7, 11) is 1.49. The van der Waals surface area contributed by atoms with E-state index >= 15 is 0 Å². The molecular weight excluding hydrogens is 882 g/mol. The number of rotatable bonds is 53. The van der Waals surface area contributed by atoms with E-state index in [1.165, 1.54) is 173 Å². The van der Waals surface area contributed by atoms with Gasteiger partial charge in [-0.15, -0.1) is 0 Å². The van der Waals surface area contributed by atoms with Crippen molar-refractivity contribution < 1.29 is 42.1 Å². The van der Waals surface area contributed by atoms with Crippen LogP contribution in [0.1, 0.15) is 264 Å². The van der Waals surface area contributed by atoms with Gasteiger partial charge in [0.05, 0.1) is 27.7 Å². The van der Waals surface area contributed by atoms with Crippen LogP contribution in [0.2, 0.25) is 0 Å². The Balaban J connectivity index is 3.98. The Kier molecular flexibility index (Phi) is 49.4. The van der Waals surface area contributed by atoms with Gasteiger partial charge in [0, 0.05) is 12.8 Å². The highest BCUT2D eigenvalue weighted by molar-refractivity contribution is 7.47. The minimum absolute atomic E-state index is 0.0340. The molecule has 0 rings (SSSR count). The van der Waals surface area contributed by atoms with Crippen molar-refractivity contribution in [1.29, 1.82) is 0 Å². The predicted molar refractivity (Wildman–Crippen MR) is 293 cm³/mol. The second kappa shape index (κ2) is 50.9. The topological polar surface area (TPSA) is 108 Å². The molecule has 0 radical (unpaired) electrons. The smallest absolute Gasteiger partial charge is 0.462 e. The van der Waals surface area contributed by atoms with Crippen LogP contribution in [0, 0.1) is 0 Å². The molecule has 0 fully saturated rings. The van der Waals surface area contributed by atoms with Crippen LogP contribution in [-0.4, -0.2) is 74.9 Å². The van der Waals surface area contributed by atoms with Gasteiger partial charge in [-0.25, -0.2) is 4.57 Å². The summed E-state index contributed by atoms with van der Waals surface area (Å²) in [6.45, 7) is 4.34. The number of carbonyl (C=O) groups is 2. The molecule has 69 heavy (non-hydrogen) atoms. The number of ether oxygens (including phenoxy) is 2. The highest BCUT2D eigenvalue weighted by Gasteiger charge is 2.27. The number of esters is 2. The van der Waals surface area contributed by atoms with Crippen LogP contribution in [0.15, 0.2) is 48.6 Å². The van der Waals surface area contributed by atoms with E-state index < -0.39 is 26.5 Å². The van der Waals surface area contributed by atoms with Crippen molar-refractivity contribution in [3.63, 3.8) is 0 Å². The zero-order chi connectivity index (χ0) is 50.6. The van der Waals surface area contributed by atoms with Crippen LogP contribution in [-0.2, 0) is 32.7 Å². The number of likely N-dealkylation sites (N-methyl/N-ethyl adjacent to an activating group) is 1. The van der Waals surface area contributed by atoms with Crippen LogP contribution in [0.5, 0.6) is 0 Å². The van der Waals surface area contributed by atoms with Gasteiger partial charge in [-0.2, -0.15) is 0 Å². The second-order valence-corrected chi connectivity index (χ2v) is 22.1. The lowest BCUT2D eigenvalue weighted by Gasteiger charge is -2.24. The van der Waals surface area contributed by atoms with Gasteiger partial charge < -0.3 is 18.9 Å². The summed E-state index contributed by atoms with van der Waals surface area (Å²) in [5.74, 6) is -0.785. The molecule has 0 saturated carbocycles. The standard InChI is InChI=1S/C59H110NO8P/c1-6-8-10-12-14-16-18-20-21-22-23-24-25-26-27-28-29-30-31-32-33-34-35-36-37-38-39-40-42-44-46-48-50-52-59(62)68-57(56-67-69(63,64)66-54-53-60(3,4)5)55-65-58(61)51-49-47-45-43-41-19-17-15-13-11-9-7-2/h8,10,14,16,20-21,23-24,57H,6-7,9,11-13,15,17-19,22,25-56H2,1-5H3/p+1/b10-8-,16-14-,21-20-,24-23-. The number of nitrogens with zero attached hydrogens (tertiary/aromatic N) is 1. The number of quaternary nitrogens is 1. The van der Waals surface area contributed by atoms with Crippen molar-refractivity contribution in [3.8, 4) is 0 Å². The fourth-order valence-electron chi connectivity index (χ4n) is 8.19. The van der Waals surface area contributed by atoms with Crippen molar-refractivity contribution in [2.45, 2.75) is 270 Å². The molecule has 0 aromatic rings. The summed E-state index contributed by atoms with van der Waals surface area (Å²) in [5.41, 5.74) is 0. The molecule has 0 aromatic carbocycles. The van der Waals surface area contributed by atoms with E-state index in [0.717, 1.165) is 57.8 Å². The van der Waals surface area contributed by atoms with E-state index in [0.29, 0.717) is 23.9 Å². The van der Waals surface area contributed by atoms with Crippen LogP contribution in [0.3, 0.4) is 0 Å². The first-order chi connectivity index (χ1) is 33.5. The van der Waals surface area contributed by atoms with Crippen molar-refractivity contribution >= 4 is 19.8 Å². The number of unbranched alkanes of at least 4 members (excludes halogenated alkanes) is 31. The Hall–Kier alpha value is -2.03. The molecule has 0 saturated heterocycles. The van der Waals surface area contributed by atoms with Gasteiger partial charge in [-0.1, -0.05) is 249 Å². The Morgan fingerprint density at radius 3 is 1.23 bits per heavy atom. The summed E-state index contributed by atoms with van der Waals surface area (Å²) in [4.78, 5) is 35.6. The first-order valence-electron chi connectivity index (χ1n) is 28.9. The van der Waals surface area contributed by atoms with Crippen LogP contribution >= 0.6 is 7.82 Å². The molecule has 1 N–H and O–H groups in total. The quantitative estimate of drug-likeness (QED) is 0.0211. The molecule has 0 aromatic heterocycles. The number of phosphoric ester groups is 1. The number of hydrogen-bond acceptors (Lipinski definition) is 7. The fourth-order valence-corrected chi connectivity index (χ4v) is 8.93. The molecule has 404 valence electrons. The second-order valence-electron chi connectivity index (χ2n) is 20.7. The Labute approximate surface area is 426 Å². The molecule has 0 aliphatic carbocycles. The molecule has 0 bridgehead atoms. The van der Waals surface area contributed by atoms with E-state index in [1.807, 2.05) is 21.1 Å². The largest absolute Gasteiger partial charge is 0.472 e. The Bertz CT molecular complexity index is 1310. The first-order valence-corrected chi connectivity index (χ1v) is 30.4. The normalized spacial score (nSPS) is 13.7. The van der Waals surface area contributed by atoms with E-state index in [-0.39, 0.29) is 25.6 Å². The van der Waals surface area contributed by atoms with E-state index in [4.69, 9.17) is 18.5 Å². The van der Waals surface area contributed by atoms with Gasteiger partial charge >= 0.3 is 19.8 Å². The minimum atomic E-state index is -4.38. The monoisotopic (exact) mass is 993 g/mol. The summed E-state index contributed by atoms with van der Waals surface area (Å²) < 4.78 is 34.5. The van der Waals surface area contributed by atoms with E-state index in [2.05, 4.69) is 62.5 Å². The van der Waals surface area contributed by atoms with Gasteiger partial charge in [0.1, 0.15) is 19.8 Å². The van der Waals surface area contributed by atoms with E-state index in [9.17, 15) is 19.0 Å². The molecular formula is C59H111NO8P+. The molecule has 2 unspecified atom stereocenters. The Morgan fingerprint density at radius 1 is 0.464 bits per heavy atom. The summed E-state index contributed by atoms with van der Waals surface area (Å²) in [6.07, 6.45) is 63.4. The third kappa shape index (κ3) is 55.1. The number of carbonyl (C=O) groups excluding carboxylic acids is 2. The average molecular weight is 994 g/mol. The maximum atomic E-state index is 12.8. The SMILES string of the molecule is CC/C=C\C/C=C\C/C=C\C/C=C\CCCCCCCCCCCCCCCCCCCCCCC(=O)OC(COC(=O)CCCCCCCCCCCCCC)COP(=O)(O)OCC[N+](C)(C)C. The molecule has 0 aliphatic rings. The maximum absolute atomic E-state index is 12.8. The third-order valence-electron chi connectivity index (χ3n) is 12.6. The zero-order valence-electron chi connectivity index (χ0n) is 45.8. The molecule has 9 nitrogen and oxygen atoms in total. The minimum Gasteiger partial charge on any atom is -0.462 e. The van der Waals surface area contributed by atoms with Crippen molar-refractivity contribution in [1.82, 2.24) is 0 Å². The molecule has 0 amide bonds. The predicted octanol–water partition coefficient (Wildman–Crippen LogP) is 17.8. The lowest BCUT2D eigenvalue weighted by molar-refractivity contribution is -0.870. The molecule has 2 atom stereocenters. The summed E-state index contributed by atoms with van der Waals surface area (Å²) in [5, 5.41) is 0. The van der Waals surface area contributed by atoms with Crippen molar-refractivity contribution in [2.75, 3.05) is 47.5 Å². The lowest BCUT2D eigenvalue weighted by atomic mass is 10.0. The van der Waals surface area contributed by atoms with Gasteiger partial charge in [0.25, 0.3) is 0 Å². The van der Waals surface area contributed by atoms with Crippen LogP contribution in [0.4, 0.5) is 0 Å². The molecule has 0 aliphatic heterocycles. The highest BCUT2D eigenvalue weighted by Crippen LogP contribution is 2.43. The zero-order valence-corrected chi connectivity index (χ0v) is 46.7. The highest BCUT2D eigenvalue weighted by atomic mass is 31.2. The van der Waals surface area contributed by atoms with E-state index in [1.54, 1.807) is 0 Å². The average Bonchev–Trinajstić information content (AvgIpc) is 3.31. The van der Waals surface area contributed by atoms with Crippen LogP contribution in [0.25, 0.3) is 0 Å². The third-order valence-corrected chi connectivity index (χ3v) is 13.6. The number of allylic oxidation sites excluding steroid dienone is 8. The fraction of sp³-hybridized carbons (Fsp3) is 0.831. The van der Waals surface area contributed by atoms with Crippen LogP contribution < -0.4 is 0 Å². The Morgan fingerprint density at radius 2 is 0.826 bits per heavy atom. The molecule has 10 heteroatoms. The molecule has 0 spiro atoms. The first kappa shape index (κ1) is 67.0. The maximum Gasteiger partial charge on any atom is 0.472 e. The van der Waals surface area contributed by atoms with Gasteiger partial charge in [-0.3, -0.25) is 18.6 Å². The summed E-state index contributed by atoms with van der Waals surface area (Å²) >= 11 is 0. The summed E-state index contributed by atoms with van der Waals surface area (Å²) in [6, 6.07) is 0. The molecule has 0 heterocycles. The van der Waals surface area contributed by atoms with Gasteiger partial charge in [-0.05, 0) is 51.4 Å². The number of phosphoric acid groups is 1. The lowest BCUT2D eigenvalue weighted by Crippen LogP contribution is -2.37. The van der Waals surface area contributed by atoms with Crippen molar-refractivity contribution in [3.05, 3.63) is 48.6 Å². The van der Waals surface area contributed by atoms with Crippen molar-refractivity contribution in [2.24, 2.45) is 0 Å². The number of hydrogen-bond donors (Lipinski definition) is 1. The van der Waals surface area contributed by atoms with Gasteiger partial charge in [0.2, 0.25) is 0 Å². The van der Waals surface area contributed by atoms with Gasteiger partial charge in [0.15, 0.2) is 6.10 Å².